The second-order valence-electron chi connectivity index (χ2n) is 5.97. The molecule has 0 aliphatic heterocycles. The van der Waals surface area contributed by atoms with Crippen molar-refractivity contribution in [2.45, 2.75) is 0 Å². The van der Waals surface area contributed by atoms with Crippen LogP contribution in [-0.4, -0.2) is 37.4 Å². The van der Waals surface area contributed by atoms with E-state index in [1.807, 2.05) is 0 Å². The number of phenolic OH excluding ortho intramolecular Hbond substituents is 1. The highest BCUT2D eigenvalue weighted by Crippen LogP contribution is 2.27. The Labute approximate surface area is 176 Å². The van der Waals surface area contributed by atoms with Gasteiger partial charge in [0.1, 0.15) is 23.0 Å². The molecule has 2 aromatic carbocycles. The third-order valence-electron chi connectivity index (χ3n) is 4.09. The predicted molar refractivity (Wildman–Crippen MR) is 110 cm³/mol. The van der Waals surface area contributed by atoms with E-state index < -0.39 is 11.9 Å². The fourth-order valence-electron chi connectivity index (χ4n) is 2.57. The van der Waals surface area contributed by atoms with Gasteiger partial charge in [-0.05, 0) is 42.5 Å². The Morgan fingerprint density at radius 2 is 1.90 bits per heavy atom. The molecule has 0 aliphatic carbocycles. The van der Waals surface area contributed by atoms with E-state index in [2.05, 4.69) is 10.5 Å². The van der Waals surface area contributed by atoms with Crippen molar-refractivity contribution >= 4 is 29.7 Å². The van der Waals surface area contributed by atoms with Crippen LogP contribution in [0.4, 0.5) is 0 Å². The first kappa shape index (κ1) is 20.9. The highest BCUT2D eigenvalue weighted by atomic mass is 35.5. The topological polar surface area (TPSA) is 110 Å². The molecule has 0 atom stereocenters. The minimum Gasteiger partial charge on any atom is -0.507 e. The van der Waals surface area contributed by atoms with Crippen LogP contribution in [-0.2, 0) is 4.74 Å². The van der Waals surface area contributed by atoms with E-state index in [0.717, 1.165) is 0 Å². The number of nitrogens with zero attached hydrogens (tertiary/aromatic N) is 1. The van der Waals surface area contributed by atoms with Crippen molar-refractivity contribution < 1.29 is 28.6 Å². The van der Waals surface area contributed by atoms with Gasteiger partial charge in [-0.1, -0.05) is 11.6 Å². The molecule has 8 nitrogen and oxygen atoms in total. The van der Waals surface area contributed by atoms with Crippen molar-refractivity contribution in [1.82, 2.24) is 5.43 Å². The molecule has 1 amide bonds. The molecule has 0 saturated heterocycles. The van der Waals surface area contributed by atoms with Gasteiger partial charge in [-0.15, -0.1) is 0 Å². The van der Waals surface area contributed by atoms with E-state index in [0.29, 0.717) is 22.8 Å². The fourth-order valence-corrected chi connectivity index (χ4v) is 2.76. The molecule has 1 heterocycles. The lowest BCUT2D eigenvalue weighted by Crippen LogP contribution is -2.17. The summed E-state index contributed by atoms with van der Waals surface area (Å²) in [6.45, 7) is 0. The lowest BCUT2D eigenvalue weighted by molar-refractivity contribution is 0.0601. The molecule has 0 fully saturated rings. The van der Waals surface area contributed by atoms with E-state index in [1.165, 1.54) is 32.6 Å². The second-order valence-corrected chi connectivity index (χ2v) is 6.38. The van der Waals surface area contributed by atoms with Crippen LogP contribution in [0.2, 0.25) is 5.02 Å². The number of methoxy groups -OCH3 is 2. The largest absolute Gasteiger partial charge is 0.507 e. The number of hydrazone groups is 1. The Hall–Kier alpha value is -3.78. The zero-order valence-corrected chi connectivity index (χ0v) is 16.8. The summed E-state index contributed by atoms with van der Waals surface area (Å²) in [6.07, 6.45) is 1.30. The molecule has 0 saturated carbocycles. The fraction of sp³-hybridized carbons (Fsp3) is 0.0952. The summed E-state index contributed by atoms with van der Waals surface area (Å²) >= 11 is 6.02. The molecule has 9 heteroatoms. The van der Waals surface area contributed by atoms with Gasteiger partial charge in [0.05, 0.1) is 36.6 Å². The van der Waals surface area contributed by atoms with Crippen LogP contribution >= 0.6 is 11.6 Å². The van der Waals surface area contributed by atoms with Crippen LogP contribution in [0.3, 0.4) is 0 Å². The van der Waals surface area contributed by atoms with Gasteiger partial charge >= 0.3 is 5.97 Å². The lowest BCUT2D eigenvalue weighted by atomic mass is 10.1. The zero-order valence-electron chi connectivity index (χ0n) is 16.0. The van der Waals surface area contributed by atoms with E-state index in [4.69, 9.17) is 25.5 Å². The van der Waals surface area contributed by atoms with Gasteiger partial charge in [0.15, 0.2) is 0 Å². The number of aromatic hydroxyl groups is 1. The molecule has 3 rings (SSSR count). The number of hydrogen-bond acceptors (Lipinski definition) is 7. The molecular formula is C21H17ClN2O6. The van der Waals surface area contributed by atoms with Gasteiger partial charge < -0.3 is 19.0 Å². The summed E-state index contributed by atoms with van der Waals surface area (Å²) in [5, 5.41) is 14.0. The molecule has 0 bridgehead atoms. The van der Waals surface area contributed by atoms with Gasteiger partial charge in [-0.2, -0.15) is 5.10 Å². The molecule has 3 aromatic rings. The third kappa shape index (κ3) is 4.61. The van der Waals surface area contributed by atoms with E-state index in [1.54, 1.807) is 36.4 Å². The summed E-state index contributed by atoms with van der Waals surface area (Å²) in [4.78, 5) is 23.9. The van der Waals surface area contributed by atoms with Crippen molar-refractivity contribution in [2.24, 2.45) is 5.10 Å². The van der Waals surface area contributed by atoms with Gasteiger partial charge in [-0.25, -0.2) is 10.2 Å². The number of rotatable bonds is 6. The quantitative estimate of drug-likeness (QED) is 0.350. The molecular weight excluding hydrogens is 412 g/mol. The Kier molecular flexibility index (Phi) is 6.38. The Morgan fingerprint density at radius 3 is 2.60 bits per heavy atom. The number of carbonyl (C=O) groups excluding carboxylic acids is 2. The van der Waals surface area contributed by atoms with Gasteiger partial charge in [0, 0.05) is 11.6 Å². The first-order chi connectivity index (χ1) is 14.4. The number of halogens is 1. The van der Waals surface area contributed by atoms with Crippen LogP contribution in [0.25, 0.3) is 11.3 Å². The van der Waals surface area contributed by atoms with Crippen LogP contribution in [0, 0.1) is 0 Å². The van der Waals surface area contributed by atoms with Gasteiger partial charge in [-0.3, -0.25) is 4.79 Å². The van der Waals surface area contributed by atoms with E-state index >= 15 is 0 Å². The van der Waals surface area contributed by atoms with Crippen molar-refractivity contribution in [3.8, 4) is 22.8 Å². The van der Waals surface area contributed by atoms with Gasteiger partial charge in [0.2, 0.25) is 0 Å². The Balaban J connectivity index is 1.71. The molecule has 0 spiro atoms. The molecule has 30 heavy (non-hydrogen) atoms. The first-order valence-corrected chi connectivity index (χ1v) is 8.99. The van der Waals surface area contributed by atoms with E-state index in [9.17, 15) is 14.7 Å². The molecule has 154 valence electrons. The number of benzene rings is 2. The third-order valence-corrected chi connectivity index (χ3v) is 4.42. The maximum Gasteiger partial charge on any atom is 0.339 e. The number of carbonyl (C=O) groups is 2. The number of furan rings is 1. The normalized spacial score (nSPS) is 10.8. The average Bonchev–Trinajstić information content (AvgIpc) is 3.22. The predicted octanol–water partition coefficient (Wildman–Crippen LogP) is 3.86. The maximum atomic E-state index is 12.1. The molecule has 0 radical (unpaired) electrons. The maximum absolute atomic E-state index is 12.1. The first-order valence-electron chi connectivity index (χ1n) is 8.61. The summed E-state index contributed by atoms with van der Waals surface area (Å²) in [5.74, 6) is -0.130. The average molecular weight is 429 g/mol. The van der Waals surface area contributed by atoms with Gasteiger partial charge in [0.25, 0.3) is 5.91 Å². The second kappa shape index (κ2) is 9.15. The molecule has 0 unspecified atom stereocenters. The smallest absolute Gasteiger partial charge is 0.339 e. The Morgan fingerprint density at radius 1 is 1.10 bits per heavy atom. The molecule has 2 N–H and O–H groups in total. The van der Waals surface area contributed by atoms with Crippen molar-refractivity contribution in [2.75, 3.05) is 14.2 Å². The SMILES string of the molecule is COC(=O)c1cc(-c2ccc(/C=N\NC(=O)c3ccc(OC)cc3O)o2)ccc1Cl. The highest BCUT2D eigenvalue weighted by Gasteiger charge is 2.14. The van der Waals surface area contributed by atoms with Crippen molar-refractivity contribution in [3.63, 3.8) is 0 Å². The van der Waals surface area contributed by atoms with Crippen LogP contribution in [0.1, 0.15) is 26.5 Å². The molecule has 0 aliphatic rings. The number of esters is 1. The van der Waals surface area contributed by atoms with Crippen molar-refractivity contribution in [1.29, 1.82) is 0 Å². The summed E-state index contributed by atoms with van der Waals surface area (Å²) in [6, 6.07) is 12.4. The minimum absolute atomic E-state index is 0.0459. The summed E-state index contributed by atoms with van der Waals surface area (Å²) < 4.78 is 15.3. The van der Waals surface area contributed by atoms with Crippen molar-refractivity contribution in [3.05, 3.63) is 70.4 Å². The molecule has 1 aromatic heterocycles. The van der Waals surface area contributed by atoms with Crippen LogP contribution < -0.4 is 10.2 Å². The zero-order chi connectivity index (χ0) is 21.7. The number of nitrogens with one attached hydrogen (secondary N) is 1. The summed E-state index contributed by atoms with van der Waals surface area (Å²) in [7, 11) is 2.73. The lowest BCUT2D eigenvalue weighted by Gasteiger charge is -2.05. The van der Waals surface area contributed by atoms with Crippen LogP contribution in [0.15, 0.2) is 58.0 Å². The number of phenols is 1. The number of hydrogen-bond donors (Lipinski definition) is 2. The number of ether oxygens (including phenoxy) is 2. The van der Waals surface area contributed by atoms with Crippen LogP contribution in [0.5, 0.6) is 11.5 Å². The summed E-state index contributed by atoms with van der Waals surface area (Å²) in [5.41, 5.74) is 3.19. The number of amides is 1. The standard InChI is InChI=1S/C21H17ClN2O6/c1-28-13-4-6-15(18(25)10-13)20(26)24-23-11-14-5-8-19(30-14)12-3-7-17(22)16(9-12)21(27)29-2/h3-11,25H,1-2H3,(H,24,26)/b23-11-. The van der Waals surface area contributed by atoms with E-state index in [-0.39, 0.29) is 21.9 Å². The Bertz CT molecular complexity index is 1120. The monoisotopic (exact) mass is 428 g/mol. The minimum atomic E-state index is -0.599. The highest BCUT2D eigenvalue weighted by molar-refractivity contribution is 6.33.